The Morgan fingerprint density at radius 3 is 2.41 bits per heavy atom. The van der Waals surface area contributed by atoms with Crippen LogP contribution in [-0.4, -0.2) is 17.6 Å². The summed E-state index contributed by atoms with van der Waals surface area (Å²) in [6, 6.07) is 8.78. The predicted octanol–water partition coefficient (Wildman–Crippen LogP) is 5.47. The van der Waals surface area contributed by atoms with Crippen molar-refractivity contribution in [3.8, 4) is 0 Å². The number of rotatable bonds is 5. The molecule has 0 aliphatic heterocycles. The van der Waals surface area contributed by atoms with E-state index >= 15 is 0 Å². The highest BCUT2D eigenvalue weighted by atomic mass is 79.9. The van der Waals surface area contributed by atoms with Gasteiger partial charge in [-0.3, -0.25) is 9.59 Å². The molecule has 0 saturated heterocycles. The molecule has 9 heteroatoms. The zero-order chi connectivity index (χ0) is 20.2. The zero-order valence-corrected chi connectivity index (χ0v) is 16.8. The average Bonchev–Trinajstić information content (AvgIpc) is 2.54. The second kappa shape index (κ2) is 8.79. The Balaban J connectivity index is 2.13. The Labute approximate surface area is 167 Å². The van der Waals surface area contributed by atoms with Crippen LogP contribution < -0.4 is 10.6 Å². The lowest BCUT2D eigenvalue weighted by Crippen LogP contribution is -2.18. The van der Waals surface area contributed by atoms with Gasteiger partial charge in [-0.15, -0.1) is 11.8 Å². The fourth-order valence-corrected chi connectivity index (χ4v) is 3.56. The minimum atomic E-state index is -4.67. The van der Waals surface area contributed by atoms with Crippen molar-refractivity contribution in [2.75, 3.05) is 16.4 Å². The summed E-state index contributed by atoms with van der Waals surface area (Å²) in [7, 11) is 0. The third-order valence-electron chi connectivity index (χ3n) is 3.42. The second-order valence-corrected chi connectivity index (χ2v) is 7.62. The molecule has 0 atom stereocenters. The topological polar surface area (TPSA) is 58.2 Å². The van der Waals surface area contributed by atoms with Gasteiger partial charge in [0.2, 0.25) is 11.8 Å². The Morgan fingerprint density at radius 1 is 1.11 bits per heavy atom. The second-order valence-electron chi connectivity index (χ2n) is 5.69. The van der Waals surface area contributed by atoms with Gasteiger partial charge in [0.25, 0.3) is 0 Å². The van der Waals surface area contributed by atoms with Gasteiger partial charge in [-0.25, -0.2) is 0 Å². The predicted molar refractivity (Wildman–Crippen MR) is 104 cm³/mol. The fraction of sp³-hybridized carbons (Fsp3) is 0.222. The minimum Gasteiger partial charge on any atom is -0.326 e. The van der Waals surface area contributed by atoms with Crippen molar-refractivity contribution in [2.45, 2.75) is 24.9 Å². The van der Waals surface area contributed by atoms with Crippen LogP contribution in [0.25, 0.3) is 0 Å². The van der Waals surface area contributed by atoms with E-state index < -0.39 is 23.6 Å². The van der Waals surface area contributed by atoms with Gasteiger partial charge in [-0.2, -0.15) is 13.2 Å². The molecule has 0 bridgehead atoms. The van der Waals surface area contributed by atoms with E-state index in [2.05, 4.69) is 26.6 Å². The molecule has 0 heterocycles. The van der Waals surface area contributed by atoms with Gasteiger partial charge in [0.05, 0.1) is 17.0 Å². The summed E-state index contributed by atoms with van der Waals surface area (Å²) < 4.78 is 40.8. The molecule has 2 aromatic carbocycles. The average molecular weight is 461 g/mol. The smallest absolute Gasteiger partial charge is 0.326 e. The van der Waals surface area contributed by atoms with E-state index in [1.54, 1.807) is 0 Å². The van der Waals surface area contributed by atoms with Crippen LogP contribution in [0.3, 0.4) is 0 Å². The molecule has 144 valence electrons. The molecule has 2 rings (SSSR count). The molecule has 2 aromatic rings. The summed E-state index contributed by atoms with van der Waals surface area (Å²) in [6.45, 7) is 3.08. The minimum absolute atomic E-state index is 0.00712. The van der Waals surface area contributed by atoms with E-state index in [0.717, 1.165) is 27.1 Å². The quantitative estimate of drug-likeness (QED) is 0.581. The van der Waals surface area contributed by atoms with Crippen LogP contribution in [0, 0.1) is 6.92 Å². The number of alkyl halides is 3. The standard InChI is InChI=1S/C18H16BrF3N2O2S/c1-10-7-12(19)3-6-16(10)27-9-17(26)24-15-5-4-13(23-11(2)25)8-14(15)18(20,21)22/h3-8H,9H2,1-2H3,(H,23,25)(H,24,26). The maximum absolute atomic E-state index is 13.3. The first-order valence-corrected chi connectivity index (χ1v) is 9.52. The largest absolute Gasteiger partial charge is 0.418 e. The molecule has 0 aliphatic rings. The Morgan fingerprint density at radius 2 is 1.81 bits per heavy atom. The first-order valence-electron chi connectivity index (χ1n) is 7.74. The van der Waals surface area contributed by atoms with Gasteiger partial charge >= 0.3 is 6.18 Å². The number of carbonyl (C=O) groups excluding carboxylic acids is 2. The van der Waals surface area contributed by atoms with Crippen molar-refractivity contribution >= 4 is 50.9 Å². The molecule has 0 aliphatic carbocycles. The van der Waals surface area contributed by atoms with Crippen LogP contribution in [0.15, 0.2) is 45.8 Å². The number of halogens is 4. The molecule has 0 fully saturated rings. The van der Waals surface area contributed by atoms with Crippen LogP contribution in [0.4, 0.5) is 24.5 Å². The Hall–Kier alpha value is -2.00. The van der Waals surface area contributed by atoms with Crippen LogP contribution in [0.1, 0.15) is 18.1 Å². The first kappa shape index (κ1) is 21.3. The lowest BCUT2D eigenvalue weighted by atomic mass is 10.1. The fourth-order valence-electron chi connectivity index (χ4n) is 2.27. The van der Waals surface area contributed by atoms with Crippen molar-refractivity contribution in [3.05, 3.63) is 52.0 Å². The third-order valence-corrected chi connectivity index (χ3v) is 5.08. The molecule has 0 aromatic heterocycles. The summed E-state index contributed by atoms with van der Waals surface area (Å²) in [6.07, 6.45) is -4.67. The van der Waals surface area contributed by atoms with Crippen molar-refractivity contribution in [1.29, 1.82) is 0 Å². The number of thioether (sulfide) groups is 1. The molecule has 2 amide bonds. The van der Waals surface area contributed by atoms with E-state index in [4.69, 9.17) is 0 Å². The van der Waals surface area contributed by atoms with Crippen LogP contribution >= 0.6 is 27.7 Å². The van der Waals surface area contributed by atoms with Gasteiger partial charge in [0.1, 0.15) is 0 Å². The lowest BCUT2D eigenvalue weighted by Gasteiger charge is -2.15. The molecule has 0 unspecified atom stereocenters. The van der Waals surface area contributed by atoms with Crippen molar-refractivity contribution in [3.63, 3.8) is 0 Å². The number of nitrogens with one attached hydrogen (secondary N) is 2. The summed E-state index contributed by atoms with van der Waals surface area (Å²) >= 11 is 4.58. The summed E-state index contributed by atoms with van der Waals surface area (Å²) in [4.78, 5) is 24.0. The maximum Gasteiger partial charge on any atom is 0.418 e. The summed E-state index contributed by atoms with van der Waals surface area (Å²) in [5, 5.41) is 4.59. The highest BCUT2D eigenvalue weighted by Gasteiger charge is 2.34. The van der Waals surface area contributed by atoms with Crippen molar-refractivity contribution < 1.29 is 22.8 Å². The van der Waals surface area contributed by atoms with Gasteiger partial charge in [0.15, 0.2) is 0 Å². The summed E-state index contributed by atoms with van der Waals surface area (Å²) in [5.41, 5.74) is -0.410. The van der Waals surface area contributed by atoms with Gasteiger partial charge < -0.3 is 10.6 Å². The van der Waals surface area contributed by atoms with E-state index in [9.17, 15) is 22.8 Å². The van der Waals surface area contributed by atoms with Gasteiger partial charge in [-0.05, 0) is 48.9 Å². The molecule has 0 radical (unpaired) electrons. The van der Waals surface area contributed by atoms with Crippen LogP contribution in [0.2, 0.25) is 0 Å². The molecule has 4 nitrogen and oxygen atoms in total. The van der Waals surface area contributed by atoms with Gasteiger partial charge in [0, 0.05) is 22.0 Å². The van der Waals surface area contributed by atoms with Gasteiger partial charge in [-0.1, -0.05) is 15.9 Å². The lowest BCUT2D eigenvalue weighted by molar-refractivity contribution is -0.137. The van der Waals surface area contributed by atoms with E-state index in [1.165, 1.54) is 24.8 Å². The number of benzene rings is 2. The highest BCUT2D eigenvalue weighted by molar-refractivity contribution is 9.10. The Bertz CT molecular complexity index is 872. The normalized spacial score (nSPS) is 11.2. The number of aryl methyl sites for hydroxylation is 1. The molecule has 0 spiro atoms. The highest BCUT2D eigenvalue weighted by Crippen LogP contribution is 2.37. The van der Waals surface area contributed by atoms with Crippen molar-refractivity contribution in [1.82, 2.24) is 0 Å². The molecule has 2 N–H and O–H groups in total. The summed E-state index contributed by atoms with van der Waals surface area (Å²) in [5.74, 6) is -1.07. The Kier molecular flexibility index (Phi) is 6.94. The third kappa shape index (κ3) is 6.28. The monoisotopic (exact) mass is 460 g/mol. The molecule has 0 saturated carbocycles. The zero-order valence-electron chi connectivity index (χ0n) is 14.4. The van der Waals surface area contributed by atoms with E-state index in [0.29, 0.717) is 0 Å². The van der Waals surface area contributed by atoms with E-state index in [-0.39, 0.29) is 17.1 Å². The number of hydrogen-bond acceptors (Lipinski definition) is 3. The molecular weight excluding hydrogens is 445 g/mol. The first-order chi connectivity index (χ1) is 12.6. The maximum atomic E-state index is 13.3. The molecular formula is C18H16BrF3N2O2S. The molecule has 27 heavy (non-hydrogen) atoms. The van der Waals surface area contributed by atoms with E-state index in [1.807, 2.05) is 25.1 Å². The van der Waals surface area contributed by atoms with Crippen LogP contribution in [-0.2, 0) is 15.8 Å². The van der Waals surface area contributed by atoms with Crippen molar-refractivity contribution in [2.24, 2.45) is 0 Å². The number of hydrogen-bond donors (Lipinski definition) is 2. The number of amides is 2. The number of carbonyl (C=O) groups is 2. The number of anilines is 2. The SMILES string of the molecule is CC(=O)Nc1ccc(NC(=O)CSc2ccc(Br)cc2C)c(C(F)(F)F)c1. The van der Waals surface area contributed by atoms with Crippen LogP contribution in [0.5, 0.6) is 0 Å².